The summed E-state index contributed by atoms with van der Waals surface area (Å²) in [5, 5.41) is 8.61. The summed E-state index contributed by atoms with van der Waals surface area (Å²) in [7, 11) is -3.67. The van der Waals surface area contributed by atoms with Gasteiger partial charge >= 0.3 is 29.6 Å². The van der Waals surface area contributed by atoms with Gasteiger partial charge in [-0.1, -0.05) is 51.4 Å². The number of hydrogen-bond acceptors (Lipinski definition) is 5. The molecule has 0 amide bonds. The first-order valence-electron chi connectivity index (χ1n) is 6.77. The molecule has 4 nitrogen and oxygen atoms in total. The van der Waals surface area contributed by atoms with Crippen molar-refractivity contribution in [3.8, 4) is 0 Å². The van der Waals surface area contributed by atoms with Crippen LogP contribution in [0.4, 0.5) is 0 Å². The van der Waals surface area contributed by atoms with E-state index in [9.17, 15) is 8.76 Å². The van der Waals surface area contributed by atoms with E-state index in [-0.39, 0.29) is 36.2 Å². The number of hydrogen-bond donors (Lipinski definition) is 1. The Kier molecular flexibility index (Phi) is 18.5. The standard InChI is InChI=1S/C12H26O4S2.Na/c13-11-9-7-5-3-1-2-4-6-8-10-12-16-18(14,15)17;/h13H,1-12H2,(H,14,15,17);/q;+1/p-1. The molecule has 0 heterocycles. The number of aliphatic hydroxyl groups is 1. The molecule has 0 spiro atoms. The maximum atomic E-state index is 10.5. The van der Waals surface area contributed by atoms with Crippen molar-refractivity contribution in [1.29, 1.82) is 0 Å². The molecule has 1 atom stereocenters. The quantitative estimate of drug-likeness (QED) is 0.372. The Hall–Kier alpha value is 1.25. The van der Waals surface area contributed by atoms with Crippen molar-refractivity contribution in [3.63, 3.8) is 0 Å². The first kappa shape index (κ1) is 22.5. The molecule has 110 valence electrons. The van der Waals surface area contributed by atoms with Crippen LogP contribution in [-0.2, 0) is 24.4 Å². The Bertz CT molecular complexity index is 271. The summed E-state index contributed by atoms with van der Waals surface area (Å²) in [6, 6.07) is 0. The third-order valence-corrected chi connectivity index (χ3v) is 3.52. The second-order valence-corrected chi connectivity index (χ2v) is 6.77. The van der Waals surface area contributed by atoms with Gasteiger partial charge in [-0.3, -0.25) is 4.18 Å². The summed E-state index contributed by atoms with van der Waals surface area (Å²) in [5.41, 5.74) is 0. The van der Waals surface area contributed by atoms with Crippen molar-refractivity contribution < 1.29 is 47.6 Å². The summed E-state index contributed by atoms with van der Waals surface area (Å²) < 4.78 is 25.5. The van der Waals surface area contributed by atoms with Crippen LogP contribution in [0.2, 0.25) is 0 Å². The second kappa shape index (κ2) is 15.6. The van der Waals surface area contributed by atoms with Crippen molar-refractivity contribution in [3.05, 3.63) is 0 Å². The fourth-order valence-corrected chi connectivity index (χ4v) is 2.32. The summed E-state index contributed by atoms with van der Waals surface area (Å²) in [6.07, 6.45) is 11.1. The topological polar surface area (TPSA) is 69.6 Å². The molecule has 0 bridgehead atoms. The monoisotopic (exact) mass is 320 g/mol. The zero-order valence-electron chi connectivity index (χ0n) is 12.0. The van der Waals surface area contributed by atoms with E-state index >= 15 is 0 Å². The van der Waals surface area contributed by atoms with Crippen LogP contribution < -0.4 is 29.6 Å². The molecular formula is C12H25NaO4S2. The van der Waals surface area contributed by atoms with Gasteiger partial charge in [0.05, 0.1) is 15.7 Å². The SMILES string of the molecule is O=S([O-])(=S)OCCCCCCCCCCCCO.[Na+]. The van der Waals surface area contributed by atoms with Crippen molar-refractivity contribution in [1.82, 2.24) is 0 Å². The van der Waals surface area contributed by atoms with Crippen LogP contribution in [0, 0.1) is 0 Å². The molecule has 0 saturated heterocycles. The van der Waals surface area contributed by atoms with Crippen LogP contribution in [0.5, 0.6) is 0 Å². The molecule has 19 heavy (non-hydrogen) atoms. The third-order valence-electron chi connectivity index (χ3n) is 2.78. The van der Waals surface area contributed by atoms with E-state index in [0.717, 1.165) is 32.1 Å². The van der Waals surface area contributed by atoms with Crippen LogP contribution in [0.25, 0.3) is 0 Å². The minimum Gasteiger partial charge on any atom is -0.748 e. The maximum absolute atomic E-state index is 10.5. The van der Waals surface area contributed by atoms with Crippen LogP contribution >= 0.6 is 0 Å². The zero-order valence-corrected chi connectivity index (χ0v) is 15.6. The predicted octanol–water partition coefficient (Wildman–Crippen LogP) is -0.308. The Morgan fingerprint density at radius 2 is 1.26 bits per heavy atom. The summed E-state index contributed by atoms with van der Waals surface area (Å²) in [5.74, 6) is 0. The van der Waals surface area contributed by atoms with Crippen molar-refractivity contribution in [2.75, 3.05) is 13.2 Å². The van der Waals surface area contributed by atoms with Crippen molar-refractivity contribution in [2.45, 2.75) is 64.2 Å². The fourth-order valence-electron chi connectivity index (χ4n) is 1.79. The molecule has 0 aliphatic carbocycles. The number of rotatable bonds is 13. The molecule has 0 rings (SSSR count). The van der Waals surface area contributed by atoms with Gasteiger partial charge in [-0.05, 0) is 24.0 Å². The molecule has 0 aromatic heterocycles. The molecule has 0 aromatic carbocycles. The predicted molar refractivity (Wildman–Crippen MR) is 75.5 cm³/mol. The number of unbranched alkanes of at least 4 members (excludes halogenated alkanes) is 9. The molecule has 0 radical (unpaired) electrons. The average Bonchev–Trinajstić information content (AvgIpc) is 2.29. The number of aliphatic hydroxyl groups excluding tert-OH is 1. The molecule has 0 fully saturated rings. The molecule has 1 N–H and O–H groups in total. The van der Waals surface area contributed by atoms with Crippen LogP contribution in [0.3, 0.4) is 0 Å². The largest absolute Gasteiger partial charge is 1.00 e. The van der Waals surface area contributed by atoms with Gasteiger partial charge in [-0.25, -0.2) is 4.21 Å². The molecule has 0 saturated carbocycles. The van der Waals surface area contributed by atoms with E-state index in [1.54, 1.807) is 0 Å². The Morgan fingerprint density at radius 1 is 0.895 bits per heavy atom. The summed E-state index contributed by atoms with van der Waals surface area (Å²) >= 11 is 4.10. The van der Waals surface area contributed by atoms with Crippen LogP contribution in [0.1, 0.15) is 64.2 Å². The molecule has 0 aliphatic rings. The van der Waals surface area contributed by atoms with E-state index in [1.807, 2.05) is 0 Å². The first-order valence-corrected chi connectivity index (χ1v) is 9.10. The fraction of sp³-hybridized carbons (Fsp3) is 1.00. The van der Waals surface area contributed by atoms with E-state index in [1.165, 1.54) is 32.1 Å². The Morgan fingerprint density at radius 3 is 1.63 bits per heavy atom. The maximum Gasteiger partial charge on any atom is 1.00 e. The van der Waals surface area contributed by atoms with Gasteiger partial charge in [0, 0.05) is 6.61 Å². The normalized spacial score (nSPS) is 13.8. The molecule has 0 aromatic rings. The Balaban J connectivity index is 0. The smallest absolute Gasteiger partial charge is 0.748 e. The Labute approximate surface area is 144 Å². The zero-order chi connectivity index (χ0) is 13.7. The molecular weight excluding hydrogens is 295 g/mol. The average molecular weight is 320 g/mol. The van der Waals surface area contributed by atoms with E-state index in [4.69, 9.17) is 5.11 Å². The van der Waals surface area contributed by atoms with Crippen molar-refractivity contribution >= 4 is 20.2 Å². The van der Waals surface area contributed by atoms with Crippen LogP contribution in [0.15, 0.2) is 0 Å². The first-order chi connectivity index (χ1) is 8.56. The van der Waals surface area contributed by atoms with Gasteiger partial charge in [0.1, 0.15) is 0 Å². The molecule has 7 heteroatoms. The van der Waals surface area contributed by atoms with Gasteiger partial charge in [0.25, 0.3) is 0 Å². The van der Waals surface area contributed by atoms with E-state index < -0.39 is 9.05 Å². The van der Waals surface area contributed by atoms with Crippen molar-refractivity contribution in [2.24, 2.45) is 0 Å². The summed E-state index contributed by atoms with van der Waals surface area (Å²) in [4.78, 5) is 0. The van der Waals surface area contributed by atoms with Gasteiger partial charge in [-0.2, -0.15) is 0 Å². The third kappa shape index (κ3) is 21.7. The van der Waals surface area contributed by atoms with E-state index in [0.29, 0.717) is 6.61 Å². The van der Waals surface area contributed by atoms with Gasteiger partial charge in [-0.15, -0.1) is 0 Å². The minimum atomic E-state index is -3.67. The van der Waals surface area contributed by atoms with Gasteiger partial charge in [0.2, 0.25) is 0 Å². The summed E-state index contributed by atoms with van der Waals surface area (Å²) in [6.45, 7) is 0.523. The van der Waals surface area contributed by atoms with Gasteiger partial charge in [0.15, 0.2) is 0 Å². The molecule has 0 aliphatic heterocycles. The minimum absolute atomic E-state index is 0. The van der Waals surface area contributed by atoms with Crippen LogP contribution in [-0.4, -0.2) is 27.1 Å². The van der Waals surface area contributed by atoms with Gasteiger partial charge < -0.3 is 9.66 Å². The van der Waals surface area contributed by atoms with E-state index in [2.05, 4.69) is 15.4 Å². The second-order valence-electron chi connectivity index (χ2n) is 4.49. The molecule has 1 unspecified atom stereocenters.